The molecule has 0 aliphatic rings. The molecule has 0 saturated heterocycles. The molecule has 82 valence electrons. The zero-order valence-electron chi connectivity index (χ0n) is 8.18. The highest BCUT2D eigenvalue weighted by atomic mass is 127. The smallest absolute Gasteiger partial charge is 0.387 e. The van der Waals surface area contributed by atoms with Gasteiger partial charge in [0, 0.05) is 3.57 Å². The molecule has 0 atom stereocenters. The Labute approximate surface area is 99.8 Å². The van der Waals surface area contributed by atoms with E-state index in [0.29, 0.717) is 5.56 Å². The van der Waals surface area contributed by atoms with Gasteiger partial charge in [0.25, 0.3) is 0 Å². The molecule has 1 aromatic carbocycles. The molecule has 15 heavy (non-hydrogen) atoms. The summed E-state index contributed by atoms with van der Waals surface area (Å²) in [6.45, 7) is 0.121. The quantitative estimate of drug-likeness (QED) is 0.629. The Balaban J connectivity index is 3.27. The van der Waals surface area contributed by atoms with Crippen LogP contribution in [0.3, 0.4) is 0 Å². The average Bonchev–Trinajstić information content (AvgIpc) is 2.10. The second-order valence-corrected chi connectivity index (χ2v) is 4.14. The van der Waals surface area contributed by atoms with Crippen molar-refractivity contribution in [1.29, 1.82) is 0 Å². The molecule has 0 spiro atoms. The van der Waals surface area contributed by atoms with Crippen molar-refractivity contribution in [3.8, 4) is 5.75 Å². The van der Waals surface area contributed by atoms with Gasteiger partial charge in [0.2, 0.25) is 0 Å². The van der Waals surface area contributed by atoms with Crippen molar-refractivity contribution in [2.75, 3.05) is 0 Å². The summed E-state index contributed by atoms with van der Waals surface area (Å²) in [5.74, 6) is -0.336. The molecular weight excluding hydrogens is 317 g/mol. The van der Waals surface area contributed by atoms with E-state index in [2.05, 4.69) is 4.74 Å². The summed E-state index contributed by atoms with van der Waals surface area (Å²) < 4.78 is 29.3. The summed E-state index contributed by atoms with van der Waals surface area (Å²) in [5, 5.41) is 0. The summed E-state index contributed by atoms with van der Waals surface area (Å²) in [6.07, 6.45) is 0. The zero-order chi connectivity index (χ0) is 11.6. The SMILES string of the molecule is CC(=O)c1c(OC(F)F)ccc(I)c1C. The van der Waals surface area contributed by atoms with Crippen molar-refractivity contribution in [3.05, 3.63) is 26.8 Å². The molecule has 0 bridgehead atoms. The monoisotopic (exact) mass is 326 g/mol. The number of alkyl halides is 2. The van der Waals surface area contributed by atoms with E-state index in [1.54, 1.807) is 13.0 Å². The summed E-state index contributed by atoms with van der Waals surface area (Å²) in [6, 6.07) is 3.03. The van der Waals surface area contributed by atoms with Crippen LogP contribution in [0, 0.1) is 10.5 Å². The molecule has 0 heterocycles. The Morgan fingerprint density at radius 3 is 2.53 bits per heavy atom. The van der Waals surface area contributed by atoms with Crippen LogP contribution < -0.4 is 4.74 Å². The average molecular weight is 326 g/mol. The van der Waals surface area contributed by atoms with Gasteiger partial charge in [-0.25, -0.2) is 0 Å². The number of hydrogen-bond acceptors (Lipinski definition) is 2. The molecule has 0 unspecified atom stereocenters. The molecule has 0 fully saturated rings. The van der Waals surface area contributed by atoms with Gasteiger partial charge in [-0.15, -0.1) is 0 Å². The van der Waals surface area contributed by atoms with E-state index >= 15 is 0 Å². The molecule has 0 N–H and O–H groups in total. The number of hydrogen-bond donors (Lipinski definition) is 0. The van der Waals surface area contributed by atoms with Crippen molar-refractivity contribution >= 4 is 28.4 Å². The Hall–Kier alpha value is -0.720. The number of ether oxygens (including phenoxy) is 1. The molecule has 0 saturated carbocycles. The van der Waals surface area contributed by atoms with Crippen LogP contribution in [-0.2, 0) is 0 Å². The lowest BCUT2D eigenvalue weighted by molar-refractivity contribution is -0.0501. The van der Waals surface area contributed by atoms with E-state index < -0.39 is 6.61 Å². The topological polar surface area (TPSA) is 26.3 Å². The summed E-state index contributed by atoms with van der Waals surface area (Å²) in [5.41, 5.74) is 0.892. The third-order valence-electron chi connectivity index (χ3n) is 1.93. The summed E-state index contributed by atoms with van der Waals surface area (Å²) in [4.78, 5) is 11.3. The number of benzene rings is 1. The Bertz CT molecular complexity index is 391. The standard InChI is InChI=1S/C10H9F2IO2/c1-5-7(13)3-4-8(15-10(11)12)9(5)6(2)14/h3-4,10H,1-2H3. The fourth-order valence-electron chi connectivity index (χ4n) is 1.29. The fraction of sp³-hybridized carbons (Fsp3) is 0.300. The van der Waals surface area contributed by atoms with Gasteiger partial charge in [-0.05, 0) is 54.1 Å². The first-order chi connectivity index (χ1) is 6.93. The molecule has 0 aliphatic heterocycles. The highest BCUT2D eigenvalue weighted by molar-refractivity contribution is 14.1. The number of rotatable bonds is 3. The van der Waals surface area contributed by atoms with Crippen LogP contribution in [0.2, 0.25) is 0 Å². The lowest BCUT2D eigenvalue weighted by atomic mass is 10.0. The van der Waals surface area contributed by atoms with E-state index in [4.69, 9.17) is 0 Å². The predicted octanol–water partition coefficient (Wildman–Crippen LogP) is 3.40. The summed E-state index contributed by atoms with van der Waals surface area (Å²) >= 11 is 2.04. The molecule has 1 aromatic rings. The van der Waals surface area contributed by atoms with Crippen LogP contribution in [0.5, 0.6) is 5.75 Å². The van der Waals surface area contributed by atoms with Crippen molar-refractivity contribution in [2.45, 2.75) is 20.5 Å². The van der Waals surface area contributed by atoms with E-state index in [-0.39, 0.29) is 17.1 Å². The van der Waals surface area contributed by atoms with E-state index in [0.717, 1.165) is 3.57 Å². The second-order valence-electron chi connectivity index (χ2n) is 2.98. The Morgan fingerprint density at radius 2 is 2.07 bits per heavy atom. The van der Waals surface area contributed by atoms with Crippen molar-refractivity contribution < 1.29 is 18.3 Å². The Morgan fingerprint density at radius 1 is 1.47 bits per heavy atom. The van der Waals surface area contributed by atoms with Gasteiger partial charge < -0.3 is 4.74 Å². The minimum Gasteiger partial charge on any atom is -0.434 e. The first kappa shape index (κ1) is 12.4. The van der Waals surface area contributed by atoms with Crippen LogP contribution >= 0.6 is 22.6 Å². The molecule has 0 aromatic heterocycles. The maximum atomic E-state index is 12.1. The molecule has 0 aliphatic carbocycles. The van der Waals surface area contributed by atoms with Crippen LogP contribution in [0.15, 0.2) is 12.1 Å². The van der Waals surface area contributed by atoms with Crippen molar-refractivity contribution in [3.63, 3.8) is 0 Å². The summed E-state index contributed by atoms with van der Waals surface area (Å²) in [7, 11) is 0. The number of ketones is 1. The van der Waals surface area contributed by atoms with E-state index in [1.165, 1.54) is 13.0 Å². The van der Waals surface area contributed by atoms with Gasteiger partial charge in [-0.2, -0.15) is 8.78 Å². The minimum atomic E-state index is -2.91. The van der Waals surface area contributed by atoms with Crippen LogP contribution in [0.25, 0.3) is 0 Å². The van der Waals surface area contributed by atoms with E-state index in [1.807, 2.05) is 22.6 Å². The highest BCUT2D eigenvalue weighted by Gasteiger charge is 2.16. The van der Waals surface area contributed by atoms with Gasteiger partial charge >= 0.3 is 6.61 Å². The number of halogens is 3. The van der Waals surface area contributed by atoms with Crippen LogP contribution in [0.4, 0.5) is 8.78 Å². The maximum Gasteiger partial charge on any atom is 0.387 e. The highest BCUT2D eigenvalue weighted by Crippen LogP contribution is 2.27. The lowest BCUT2D eigenvalue weighted by Gasteiger charge is -2.12. The van der Waals surface area contributed by atoms with Gasteiger partial charge in [-0.1, -0.05) is 0 Å². The van der Waals surface area contributed by atoms with Crippen LogP contribution in [0.1, 0.15) is 22.8 Å². The van der Waals surface area contributed by atoms with Crippen LogP contribution in [-0.4, -0.2) is 12.4 Å². The minimum absolute atomic E-state index is 0.0598. The van der Waals surface area contributed by atoms with Gasteiger partial charge in [0.1, 0.15) is 5.75 Å². The van der Waals surface area contributed by atoms with Crippen molar-refractivity contribution in [1.82, 2.24) is 0 Å². The predicted molar refractivity (Wildman–Crippen MR) is 60.5 cm³/mol. The number of carbonyl (C=O) groups excluding carboxylic acids is 1. The van der Waals surface area contributed by atoms with E-state index in [9.17, 15) is 13.6 Å². The molecule has 2 nitrogen and oxygen atoms in total. The lowest BCUT2D eigenvalue weighted by Crippen LogP contribution is -2.08. The zero-order valence-corrected chi connectivity index (χ0v) is 10.3. The molecule has 0 amide bonds. The third kappa shape index (κ3) is 2.87. The maximum absolute atomic E-state index is 12.1. The first-order valence-corrected chi connectivity index (χ1v) is 5.26. The number of Topliss-reactive ketones (excluding diaryl/α,β-unsaturated/α-hetero) is 1. The molecular formula is C10H9F2IO2. The Kier molecular flexibility index (Phi) is 4.01. The second kappa shape index (κ2) is 4.87. The first-order valence-electron chi connectivity index (χ1n) is 4.18. The van der Waals surface area contributed by atoms with Gasteiger partial charge in [0.05, 0.1) is 5.56 Å². The molecule has 5 heteroatoms. The molecule has 0 radical (unpaired) electrons. The van der Waals surface area contributed by atoms with Gasteiger partial charge in [0.15, 0.2) is 5.78 Å². The molecule has 1 rings (SSSR count). The van der Waals surface area contributed by atoms with Gasteiger partial charge in [-0.3, -0.25) is 4.79 Å². The largest absolute Gasteiger partial charge is 0.434 e. The van der Waals surface area contributed by atoms with Crippen molar-refractivity contribution in [2.24, 2.45) is 0 Å². The third-order valence-corrected chi connectivity index (χ3v) is 3.10. The normalized spacial score (nSPS) is 10.5. The fourth-order valence-corrected chi connectivity index (χ4v) is 1.74. The number of carbonyl (C=O) groups is 1.